The number of hydrogen-bond donors (Lipinski definition) is 3. The Labute approximate surface area is 163 Å². The van der Waals surface area contributed by atoms with Gasteiger partial charge in [-0.05, 0) is 36.3 Å². The molecule has 3 rings (SSSR count). The summed E-state index contributed by atoms with van der Waals surface area (Å²) in [4.78, 5) is 29.5. The minimum absolute atomic E-state index is 0.0622. The van der Waals surface area contributed by atoms with E-state index in [0.717, 1.165) is 30.5 Å². The summed E-state index contributed by atoms with van der Waals surface area (Å²) in [6.07, 6.45) is 5.56. The van der Waals surface area contributed by atoms with Gasteiger partial charge in [-0.1, -0.05) is 24.3 Å². The standard InChI is InChI=1S/C20H26N4O4/c25-18(26)13-15-7-11-24(14-16-5-1-2-6-17(15)16)20(27)23-9-4-3-8-21-19-22-10-12-28-19/h1-2,5-6,10,12,15H,3-4,7-9,11,13-14H2,(H,21,22)(H,23,27)(H,25,26). The van der Waals surface area contributed by atoms with Gasteiger partial charge < -0.3 is 25.1 Å². The van der Waals surface area contributed by atoms with Crippen LogP contribution in [0.2, 0.25) is 0 Å². The number of rotatable bonds is 8. The van der Waals surface area contributed by atoms with Crippen LogP contribution in [0.4, 0.5) is 10.8 Å². The number of benzene rings is 1. The van der Waals surface area contributed by atoms with Crippen LogP contribution in [0.25, 0.3) is 0 Å². The normalized spacial score (nSPS) is 16.1. The molecule has 1 aromatic heterocycles. The summed E-state index contributed by atoms with van der Waals surface area (Å²) >= 11 is 0. The third-order valence-corrected chi connectivity index (χ3v) is 4.90. The quantitative estimate of drug-likeness (QED) is 0.602. The number of carbonyl (C=O) groups excluding carboxylic acids is 1. The first-order chi connectivity index (χ1) is 13.6. The monoisotopic (exact) mass is 386 g/mol. The van der Waals surface area contributed by atoms with Crippen molar-refractivity contribution in [1.82, 2.24) is 15.2 Å². The number of carbonyl (C=O) groups is 2. The molecule has 1 unspecified atom stereocenters. The van der Waals surface area contributed by atoms with Crippen molar-refractivity contribution in [3.05, 3.63) is 47.9 Å². The molecule has 3 N–H and O–H groups in total. The average Bonchev–Trinajstić information content (AvgIpc) is 3.13. The highest BCUT2D eigenvalue weighted by Gasteiger charge is 2.26. The van der Waals surface area contributed by atoms with E-state index in [9.17, 15) is 14.7 Å². The summed E-state index contributed by atoms with van der Waals surface area (Å²) in [5.41, 5.74) is 2.06. The smallest absolute Gasteiger partial charge is 0.317 e. The Morgan fingerprint density at radius 1 is 1.25 bits per heavy atom. The van der Waals surface area contributed by atoms with Gasteiger partial charge in [-0.2, -0.15) is 0 Å². The number of oxazole rings is 1. The van der Waals surface area contributed by atoms with Crippen LogP contribution in [0.5, 0.6) is 0 Å². The summed E-state index contributed by atoms with van der Waals surface area (Å²) in [5.74, 6) is -0.871. The topological polar surface area (TPSA) is 108 Å². The number of carboxylic acid groups (broad SMARTS) is 1. The van der Waals surface area contributed by atoms with Crippen LogP contribution in [0.1, 0.15) is 42.7 Å². The number of nitrogens with one attached hydrogen (secondary N) is 2. The van der Waals surface area contributed by atoms with E-state index in [0.29, 0.717) is 32.1 Å². The molecule has 0 spiro atoms. The van der Waals surface area contributed by atoms with Crippen LogP contribution in [0.3, 0.4) is 0 Å². The highest BCUT2D eigenvalue weighted by atomic mass is 16.4. The number of amides is 2. The lowest BCUT2D eigenvalue weighted by Crippen LogP contribution is -2.40. The molecule has 0 saturated carbocycles. The van der Waals surface area contributed by atoms with Gasteiger partial charge in [0.05, 0.1) is 12.6 Å². The number of anilines is 1. The van der Waals surface area contributed by atoms with Crippen molar-refractivity contribution in [1.29, 1.82) is 0 Å². The average molecular weight is 386 g/mol. The maximum Gasteiger partial charge on any atom is 0.317 e. The number of nitrogens with zero attached hydrogens (tertiary/aromatic N) is 2. The van der Waals surface area contributed by atoms with Gasteiger partial charge >= 0.3 is 12.0 Å². The zero-order valence-electron chi connectivity index (χ0n) is 15.8. The van der Waals surface area contributed by atoms with E-state index in [1.807, 2.05) is 24.3 Å². The maximum absolute atomic E-state index is 12.6. The summed E-state index contributed by atoms with van der Waals surface area (Å²) in [6.45, 7) is 2.36. The molecule has 1 aliphatic heterocycles. The van der Waals surface area contributed by atoms with Gasteiger partial charge in [-0.25, -0.2) is 9.78 Å². The van der Waals surface area contributed by atoms with E-state index in [-0.39, 0.29) is 18.4 Å². The van der Waals surface area contributed by atoms with Crippen LogP contribution in [0, 0.1) is 0 Å². The van der Waals surface area contributed by atoms with Crippen molar-refractivity contribution >= 4 is 18.0 Å². The fraction of sp³-hybridized carbons (Fsp3) is 0.450. The summed E-state index contributed by atoms with van der Waals surface area (Å²) in [7, 11) is 0. The molecule has 2 amide bonds. The second-order valence-corrected chi connectivity index (χ2v) is 6.91. The van der Waals surface area contributed by atoms with Gasteiger partial charge in [0.25, 0.3) is 6.01 Å². The van der Waals surface area contributed by atoms with Gasteiger partial charge in [0, 0.05) is 26.2 Å². The molecule has 1 atom stereocenters. The van der Waals surface area contributed by atoms with Crippen LogP contribution >= 0.6 is 0 Å². The van der Waals surface area contributed by atoms with E-state index in [4.69, 9.17) is 4.42 Å². The highest BCUT2D eigenvalue weighted by molar-refractivity contribution is 5.74. The second-order valence-electron chi connectivity index (χ2n) is 6.91. The van der Waals surface area contributed by atoms with Gasteiger partial charge in [0.15, 0.2) is 0 Å². The van der Waals surface area contributed by atoms with Gasteiger partial charge in [-0.15, -0.1) is 0 Å². The van der Waals surface area contributed by atoms with Crippen molar-refractivity contribution in [2.24, 2.45) is 0 Å². The molecule has 0 aliphatic carbocycles. The fourth-order valence-corrected chi connectivity index (χ4v) is 3.49. The first kappa shape index (κ1) is 19.7. The van der Waals surface area contributed by atoms with Crippen molar-refractivity contribution < 1.29 is 19.1 Å². The number of aliphatic carboxylic acids is 1. The Morgan fingerprint density at radius 3 is 2.86 bits per heavy atom. The van der Waals surface area contributed by atoms with Crippen LogP contribution in [-0.2, 0) is 11.3 Å². The highest BCUT2D eigenvalue weighted by Crippen LogP contribution is 2.31. The number of hydrogen-bond acceptors (Lipinski definition) is 5. The zero-order valence-corrected chi connectivity index (χ0v) is 15.8. The molecule has 2 aromatic rings. The molecule has 0 saturated heterocycles. The van der Waals surface area contributed by atoms with Crippen LogP contribution < -0.4 is 10.6 Å². The minimum atomic E-state index is -0.809. The molecule has 8 heteroatoms. The van der Waals surface area contributed by atoms with Crippen LogP contribution in [-0.4, -0.2) is 46.6 Å². The van der Waals surface area contributed by atoms with E-state index in [1.165, 1.54) is 6.26 Å². The Hall–Kier alpha value is -3.03. The summed E-state index contributed by atoms with van der Waals surface area (Å²) < 4.78 is 5.10. The number of carboxylic acids is 1. The molecule has 28 heavy (non-hydrogen) atoms. The van der Waals surface area contributed by atoms with E-state index >= 15 is 0 Å². The van der Waals surface area contributed by atoms with E-state index in [2.05, 4.69) is 15.6 Å². The number of fused-ring (bicyclic) bond motifs is 1. The third kappa shape index (κ3) is 5.48. The number of urea groups is 1. The molecular formula is C20H26N4O4. The van der Waals surface area contributed by atoms with E-state index in [1.54, 1.807) is 11.1 Å². The Morgan fingerprint density at radius 2 is 2.07 bits per heavy atom. The minimum Gasteiger partial charge on any atom is -0.481 e. The number of unbranched alkanes of at least 4 members (excludes halogenated alkanes) is 1. The van der Waals surface area contributed by atoms with Crippen molar-refractivity contribution in [2.75, 3.05) is 25.0 Å². The molecule has 1 aromatic carbocycles. The van der Waals surface area contributed by atoms with Gasteiger partial charge in [0.2, 0.25) is 0 Å². The molecule has 2 heterocycles. The summed E-state index contributed by atoms with van der Waals surface area (Å²) in [5, 5.41) is 15.2. The molecule has 0 radical (unpaired) electrons. The van der Waals surface area contributed by atoms with Crippen molar-refractivity contribution in [3.8, 4) is 0 Å². The lowest BCUT2D eigenvalue weighted by atomic mass is 9.90. The molecule has 150 valence electrons. The SMILES string of the molecule is O=C(O)CC1CCN(C(=O)NCCCCNc2ncco2)Cc2ccccc21. The van der Waals surface area contributed by atoms with Crippen molar-refractivity contribution in [3.63, 3.8) is 0 Å². The predicted molar refractivity (Wildman–Crippen MR) is 104 cm³/mol. The molecular weight excluding hydrogens is 360 g/mol. The first-order valence-electron chi connectivity index (χ1n) is 9.59. The molecule has 0 fully saturated rings. The molecule has 1 aliphatic rings. The largest absolute Gasteiger partial charge is 0.481 e. The molecule has 8 nitrogen and oxygen atoms in total. The summed E-state index contributed by atoms with van der Waals surface area (Å²) in [6, 6.07) is 8.21. The zero-order chi connectivity index (χ0) is 19.8. The maximum atomic E-state index is 12.6. The first-order valence-corrected chi connectivity index (χ1v) is 9.59. The lowest BCUT2D eigenvalue weighted by Gasteiger charge is -2.21. The second kappa shape index (κ2) is 9.77. The van der Waals surface area contributed by atoms with Crippen molar-refractivity contribution in [2.45, 2.75) is 38.1 Å². The lowest BCUT2D eigenvalue weighted by molar-refractivity contribution is -0.137. The Balaban J connectivity index is 1.46. The Kier molecular flexibility index (Phi) is 6.89. The Bertz CT molecular complexity index is 778. The van der Waals surface area contributed by atoms with Gasteiger partial charge in [0.1, 0.15) is 6.26 Å². The number of aromatic nitrogens is 1. The predicted octanol–water partition coefficient (Wildman–Crippen LogP) is 3.04. The molecule has 0 bridgehead atoms. The van der Waals surface area contributed by atoms with Gasteiger partial charge in [-0.3, -0.25) is 4.79 Å². The van der Waals surface area contributed by atoms with E-state index < -0.39 is 5.97 Å². The third-order valence-electron chi connectivity index (χ3n) is 4.90. The fourth-order valence-electron chi connectivity index (χ4n) is 3.49. The van der Waals surface area contributed by atoms with Crippen LogP contribution in [0.15, 0.2) is 41.1 Å².